The molecule has 1 aromatic rings. The molecule has 0 spiro atoms. The van der Waals surface area contributed by atoms with Gasteiger partial charge in [-0.15, -0.1) is 0 Å². The first kappa shape index (κ1) is 17.7. The van der Waals surface area contributed by atoms with Crippen molar-refractivity contribution in [1.29, 1.82) is 0 Å². The second kappa shape index (κ2) is 8.15. The predicted molar refractivity (Wildman–Crippen MR) is 89.0 cm³/mol. The van der Waals surface area contributed by atoms with Gasteiger partial charge in [0, 0.05) is 22.8 Å². The van der Waals surface area contributed by atoms with Gasteiger partial charge in [0.2, 0.25) is 0 Å². The number of halogens is 1. The number of hydrogen-bond donors (Lipinski definition) is 1. The van der Waals surface area contributed by atoms with Gasteiger partial charge in [-0.1, -0.05) is 48.8 Å². The third-order valence-electron chi connectivity index (χ3n) is 3.33. The minimum Gasteiger partial charge on any atom is -0.314 e. The number of benzene rings is 1. The highest BCUT2D eigenvalue weighted by Gasteiger charge is 2.16. The van der Waals surface area contributed by atoms with Gasteiger partial charge in [0.05, 0.1) is 5.75 Å². The summed E-state index contributed by atoms with van der Waals surface area (Å²) in [5, 5.41) is 3.41. The summed E-state index contributed by atoms with van der Waals surface area (Å²) in [6.07, 6.45) is 0.664. The van der Waals surface area contributed by atoms with E-state index in [1.807, 2.05) is 12.1 Å². The van der Waals surface area contributed by atoms with Crippen LogP contribution in [0.4, 0.5) is 0 Å². The van der Waals surface area contributed by atoms with E-state index in [-0.39, 0.29) is 17.4 Å². The molecule has 0 heterocycles. The van der Waals surface area contributed by atoms with E-state index in [0.29, 0.717) is 12.5 Å². The van der Waals surface area contributed by atoms with Crippen LogP contribution in [0.1, 0.15) is 38.7 Å². The van der Waals surface area contributed by atoms with Crippen molar-refractivity contribution in [3.63, 3.8) is 0 Å². The average molecular weight is 362 g/mol. The molecule has 1 aromatic carbocycles. The number of nitrogens with one attached hydrogen (secondary N) is 1. The predicted octanol–water partition coefficient (Wildman–Crippen LogP) is 3.36. The highest BCUT2D eigenvalue weighted by atomic mass is 79.9. The molecule has 20 heavy (non-hydrogen) atoms. The van der Waals surface area contributed by atoms with Gasteiger partial charge in [-0.3, -0.25) is 0 Å². The summed E-state index contributed by atoms with van der Waals surface area (Å²) >= 11 is 3.43. The Balaban J connectivity index is 2.77. The lowest BCUT2D eigenvalue weighted by molar-refractivity contribution is 0.517. The molecule has 3 nitrogen and oxygen atoms in total. The molecule has 5 heteroatoms. The summed E-state index contributed by atoms with van der Waals surface area (Å²) in [4.78, 5) is 0. The Hall–Kier alpha value is -0.390. The molecule has 0 amide bonds. The van der Waals surface area contributed by atoms with E-state index >= 15 is 0 Å². The zero-order valence-corrected chi connectivity index (χ0v) is 14.8. The first-order valence-corrected chi connectivity index (χ1v) is 9.64. The Kier molecular flexibility index (Phi) is 7.20. The van der Waals surface area contributed by atoms with Crippen LogP contribution in [0.15, 0.2) is 28.7 Å². The third kappa shape index (κ3) is 6.37. The Bertz CT molecular complexity index is 497. The summed E-state index contributed by atoms with van der Waals surface area (Å²) in [5.41, 5.74) is 1.19. The first-order chi connectivity index (χ1) is 9.34. The maximum atomic E-state index is 11.7. The fourth-order valence-corrected chi connectivity index (χ4v) is 3.16. The smallest absolute Gasteiger partial charge is 0.150 e. The normalized spacial score (nSPS) is 13.7. The molecule has 1 rings (SSSR count). The molecule has 0 radical (unpaired) electrons. The Morgan fingerprint density at radius 2 is 1.80 bits per heavy atom. The molecule has 0 aliphatic rings. The van der Waals surface area contributed by atoms with Crippen LogP contribution in [-0.4, -0.2) is 32.5 Å². The molecular weight excluding hydrogens is 338 g/mol. The van der Waals surface area contributed by atoms with Gasteiger partial charge >= 0.3 is 0 Å². The van der Waals surface area contributed by atoms with Crippen LogP contribution >= 0.6 is 15.9 Å². The van der Waals surface area contributed by atoms with Crippen LogP contribution in [0.5, 0.6) is 0 Å². The van der Waals surface area contributed by atoms with Gasteiger partial charge in [0.15, 0.2) is 0 Å². The van der Waals surface area contributed by atoms with Crippen LogP contribution in [0.2, 0.25) is 0 Å². The van der Waals surface area contributed by atoms with E-state index in [2.05, 4.69) is 47.2 Å². The minimum atomic E-state index is -2.91. The summed E-state index contributed by atoms with van der Waals surface area (Å²) in [6, 6.07) is 8.54. The van der Waals surface area contributed by atoms with E-state index < -0.39 is 9.84 Å². The van der Waals surface area contributed by atoms with Crippen LogP contribution in [-0.2, 0) is 9.84 Å². The fourth-order valence-electron chi connectivity index (χ4n) is 1.97. The second-order valence-electron chi connectivity index (χ2n) is 5.34. The van der Waals surface area contributed by atoms with Crippen molar-refractivity contribution < 1.29 is 8.42 Å². The Morgan fingerprint density at radius 1 is 1.20 bits per heavy atom. The number of rotatable bonds is 8. The monoisotopic (exact) mass is 361 g/mol. The second-order valence-corrected chi connectivity index (χ2v) is 8.72. The fraction of sp³-hybridized carbons (Fsp3) is 0.600. The average Bonchev–Trinajstić information content (AvgIpc) is 2.40. The van der Waals surface area contributed by atoms with Crippen LogP contribution < -0.4 is 5.32 Å². The van der Waals surface area contributed by atoms with Crippen molar-refractivity contribution in [1.82, 2.24) is 5.32 Å². The highest BCUT2D eigenvalue weighted by Crippen LogP contribution is 2.22. The van der Waals surface area contributed by atoms with Crippen molar-refractivity contribution in [2.75, 3.05) is 18.1 Å². The zero-order chi connectivity index (χ0) is 15.2. The molecule has 1 N–H and O–H groups in total. The molecule has 0 saturated heterocycles. The molecule has 0 aliphatic carbocycles. The van der Waals surface area contributed by atoms with Crippen LogP contribution in [0, 0.1) is 0 Å². The largest absolute Gasteiger partial charge is 0.314 e. The third-order valence-corrected chi connectivity index (χ3v) is 5.60. The van der Waals surface area contributed by atoms with Crippen molar-refractivity contribution in [2.45, 2.75) is 39.2 Å². The van der Waals surface area contributed by atoms with Gasteiger partial charge < -0.3 is 5.32 Å². The molecule has 0 fully saturated rings. The lowest BCUT2D eigenvalue weighted by Crippen LogP contribution is -2.29. The quantitative estimate of drug-likeness (QED) is 0.771. The summed E-state index contributed by atoms with van der Waals surface area (Å²) in [6.45, 7) is 6.71. The summed E-state index contributed by atoms with van der Waals surface area (Å²) in [5.74, 6) is 0.702. The molecule has 1 unspecified atom stereocenters. The molecular formula is C15H24BrNO2S. The van der Waals surface area contributed by atoms with Crippen molar-refractivity contribution in [2.24, 2.45) is 0 Å². The summed E-state index contributed by atoms with van der Waals surface area (Å²) in [7, 11) is -2.91. The SMILES string of the molecule is CCS(=O)(=O)CCC(CNC(C)C)c1ccc(Br)cc1. The molecule has 0 aliphatic heterocycles. The summed E-state index contributed by atoms with van der Waals surface area (Å²) < 4.78 is 24.4. The maximum absolute atomic E-state index is 11.7. The van der Waals surface area contributed by atoms with E-state index in [1.54, 1.807) is 6.92 Å². The van der Waals surface area contributed by atoms with E-state index in [1.165, 1.54) is 5.56 Å². The molecule has 1 atom stereocenters. The lowest BCUT2D eigenvalue weighted by Gasteiger charge is -2.20. The van der Waals surface area contributed by atoms with Crippen LogP contribution in [0.3, 0.4) is 0 Å². The van der Waals surface area contributed by atoms with Crippen molar-refractivity contribution in [3.05, 3.63) is 34.3 Å². The standard InChI is InChI=1S/C15H24BrNO2S/c1-4-20(18,19)10-9-14(11-17-12(2)3)13-5-7-15(16)8-6-13/h5-8,12,14,17H,4,9-11H2,1-3H3. The Morgan fingerprint density at radius 3 is 2.30 bits per heavy atom. The topological polar surface area (TPSA) is 46.2 Å². The van der Waals surface area contributed by atoms with E-state index in [0.717, 1.165) is 11.0 Å². The molecule has 0 aromatic heterocycles. The van der Waals surface area contributed by atoms with Crippen molar-refractivity contribution >= 4 is 25.8 Å². The van der Waals surface area contributed by atoms with E-state index in [9.17, 15) is 8.42 Å². The number of hydrogen-bond acceptors (Lipinski definition) is 3. The van der Waals surface area contributed by atoms with Crippen LogP contribution in [0.25, 0.3) is 0 Å². The molecule has 0 saturated carbocycles. The van der Waals surface area contributed by atoms with E-state index in [4.69, 9.17) is 0 Å². The van der Waals surface area contributed by atoms with Gasteiger partial charge in [-0.2, -0.15) is 0 Å². The van der Waals surface area contributed by atoms with Gasteiger partial charge in [-0.25, -0.2) is 8.42 Å². The zero-order valence-electron chi connectivity index (χ0n) is 12.4. The van der Waals surface area contributed by atoms with Gasteiger partial charge in [0.25, 0.3) is 0 Å². The molecule has 0 bridgehead atoms. The van der Waals surface area contributed by atoms with Crippen molar-refractivity contribution in [3.8, 4) is 0 Å². The van der Waals surface area contributed by atoms with Gasteiger partial charge in [-0.05, 0) is 30.0 Å². The van der Waals surface area contributed by atoms with Gasteiger partial charge in [0.1, 0.15) is 9.84 Å². The minimum absolute atomic E-state index is 0.220. The first-order valence-electron chi connectivity index (χ1n) is 7.03. The lowest BCUT2D eigenvalue weighted by atomic mass is 9.96. The maximum Gasteiger partial charge on any atom is 0.150 e. The number of sulfone groups is 1. The Labute approximate surface area is 131 Å². The highest BCUT2D eigenvalue weighted by molar-refractivity contribution is 9.10. The molecule has 114 valence electrons.